The average Bonchev–Trinajstić information content (AvgIpc) is 0.488. The maximum Gasteiger partial charge on any atom is 1.00 e. The van der Waals surface area contributed by atoms with Gasteiger partial charge in [0.1, 0.15) is 32.1 Å². The third-order valence-electron chi connectivity index (χ3n) is 26.9. The number of carbonyl (C=O) groups is 5. The molecule has 0 aliphatic heterocycles. The minimum Gasteiger partial charge on any atom is -1.00 e. The van der Waals surface area contributed by atoms with E-state index in [0.29, 0.717) is 101 Å². The van der Waals surface area contributed by atoms with Gasteiger partial charge in [-0.3, -0.25) is 24.0 Å². The van der Waals surface area contributed by atoms with E-state index in [1.807, 2.05) is 0 Å². The molecule has 0 heterocycles. The van der Waals surface area contributed by atoms with Crippen LogP contribution in [-0.2, 0) is 69.3 Å². The van der Waals surface area contributed by atoms with Gasteiger partial charge in [-0.2, -0.15) is 105 Å². The summed E-state index contributed by atoms with van der Waals surface area (Å²) in [6, 6.07) is 32.2. The second-order valence-electron chi connectivity index (χ2n) is 39.4. The van der Waals surface area contributed by atoms with Crippen molar-refractivity contribution in [3.05, 3.63) is 91.0 Å². The fourth-order valence-electron chi connectivity index (χ4n) is 23.3. The molecular formula is C86H101Br5F24Na2O22S3. The van der Waals surface area contributed by atoms with E-state index in [1.54, 1.807) is 15.9 Å². The number of carbonyl (C=O) groups excluding carboxylic acids is 3. The number of aliphatic hydroxyl groups excluding tert-OH is 2. The molecule has 0 aromatic heterocycles. The van der Waals surface area contributed by atoms with Crippen LogP contribution in [0.25, 0.3) is 0 Å². The molecule has 16 bridgehead atoms. The Morgan fingerprint density at radius 2 is 0.535 bits per heavy atom. The van der Waals surface area contributed by atoms with Gasteiger partial charge in [0.05, 0.1) is 53.1 Å². The summed E-state index contributed by atoms with van der Waals surface area (Å²) in [6.45, 7) is -1.35. The molecule has 0 saturated heterocycles. The van der Waals surface area contributed by atoms with E-state index in [0.717, 1.165) is 64.2 Å². The zero-order valence-electron chi connectivity index (χ0n) is 75.5. The minimum atomic E-state index is -6.64. The van der Waals surface area contributed by atoms with E-state index in [1.165, 1.54) is 81.7 Å². The summed E-state index contributed by atoms with van der Waals surface area (Å²) in [7, 11) is -13.3. The van der Waals surface area contributed by atoms with E-state index in [4.69, 9.17) is 29.5 Å². The zero-order valence-corrected chi connectivity index (χ0v) is 89.9. The monoisotopic (exact) mass is 2480 g/mol. The van der Waals surface area contributed by atoms with Crippen LogP contribution in [0.15, 0.2) is 106 Å². The van der Waals surface area contributed by atoms with Crippen molar-refractivity contribution < 1.29 is 286 Å². The van der Waals surface area contributed by atoms with Crippen molar-refractivity contribution in [3.63, 3.8) is 0 Å². The number of rotatable bonds is 30. The molecule has 3 aromatic rings. The Morgan fingerprint density at radius 1 is 0.338 bits per heavy atom. The van der Waals surface area contributed by atoms with Crippen LogP contribution in [0, 0.1) is 69.0 Å². The van der Waals surface area contributed by atoms with E-state index in [-0.39, 0.29) is 141 Å². The molecule has 16 aliphatic rings. The molecule has 16 fully saturated rings. The summed E-state index contributed by atoms with van der Waals surface area (Å²) in [5.74, 6) is -34.1. The van der Waals surface area contributed by atoms with Crippen molar-refractivity contribution in [1.82, 2.24) is 0 Å². The molecule has 19 rings (SSSR count). The predicted molar refractivity (Wildman–Crippen MR) is 454 cm³/mol. The number of carboxylic acids is 2. The number of carboxylic acid groups (broad SMARTS) is 2. The van der Waals surface area contributed by atoms with Gasteiger partial charge in [-0.1, -0.05) is 54.6 Å². The summed E-state index contributed by atoms with van der Waals surface area (Å²) in [5, 5.41) is 63.1. The van der Waals surface area contributed by atoms with Gasteiger partial charge in [0.15, 0.2) is 34.9 Å². The summed E-state index contributed by atoms with van der Waals surface area (Å²) in [4.78, 5) is 40.5. The Hall–Kier alpha value is -2.34. The van der Waals surface area contributed by atoms with Gasteiger partial charge in [0.25, 0.3) is 0 Å². The Labute approximate surface area is 891 Å². The molecule has 0 spiro atoms. The molecule has 0 amide bonds. The second-order valence-corrected chi connectivity index (χ2v) is 48.3. The third kappa shape index (κ3) is 33.8. The second kappa shape index (κ2) is 48.1. The van der Waals surface area contributed by atoms with Crippen LogP contribution >= 0.6 is 63.7 Å². The van der Waals surface area contributed by atoms with Crippen LogP contribution in [0.5, 0.6) is 0 Å². The SMILES string of the molecule is O=C(CC(F)(F)C(F)(F)Br)OCC12CC3CC(CC(O)(C3)C1)C2.O=C(CC(F)(F)C(F)(F)S(=O)(=O)[O-])OCC12CC3CC(CC(O)(C3)C1)C2.O=C(CC(F)(F)C(F)(F)S(=O)(=O)[O-])OCC12CC3CC(CC(O)(C3)C1)C2.O=C(O)CC(F)(F)C(F)(F)Br.O=C(O)CC(F)(F)C(F)(F)Br.OCC12CC3CC(CC(O)(C3)C1)C2.OCCC(F)(F)C(F)(F)Br.[Br-].[Na+].[Na+].c1ccc([S+](c2ccccc2)c2ccccc2)cc1. The van der Waals surface area contributed by atoms with Crippen molar-refractivity contribution in [3.8, 4) is 0 Å². The van der Waals surface area contributed by atoms with E-state index in [9.17, 15) is 181 Å². The molecule has 16 saturated carbocycles. The number of hydrogen-bond acceptors (Lipinski definition) is 20. The van der Waals surface area contributed by atoms with Gasteiger partial charge in [-0.25, -0.2) is 16.8 Å². The van der Waals surface area contributed by atoms with Crippen LogP contribution in [0.3, 0.4) is 0 Å². The minimum absolute atomic E-state index is 0. The standard InChI is InChI=1S/C18H15S.C15H19BrF4O3.2C15H20F4O6S.C11H18O2.2C4H3BrF4O2.C4H5BrF4O.BrH.2Na/c1-4-10-16(11-5-1)19(17-12-6-2-7-13-17)18-14-8-3-9-15-18;16-15(19,20)14(17,18)6-11(21)23-8-12-2-9-1-10(3-12)5-13(22,4-9)7-12;2*16-14(17,15(18,19)26(22,23)24)6-11(20)25-8-12-2-9-1-10(3-12)5-13(21,4-9)7-12;12-7-10-2-8-1-9(3-10)5-11(13,4-8)6-10;2*5-4(8,9)3(6,7)1-2(10)11;5-4(8,9)3(6,7)1-2-10;;;/h1-15H;9-10,22H,1-8H2;2*9-10,21H,1-8H2,(H,22,23,24);8-9,12-13H,1-7H2;2*1H2,(H,10,11);10H,1-2H2;1H;;/q+1;;;;;;;;;2*+1/p-3. The largest absolute Gasteiger partial charge is 1.00 e. The third-order valence-corrected chi connectivity index (χ3v) is 33.3. The fourth-order valence-corrected chi connectivity index (χ4v) is 26.9. The van der Waals surface area contributed by atoms with Gasteiger partial charge in [-0.05, 0) is 307 Å². The maximum absolute atomic E-state index is 13.4. The number of alkyl halides is 28. The Morgan fingerprint density at radius 3 is 0.704 bits per heavy atom. The predicted octanol–water partition coefficient (Wildman–Crippen LogP) is 11.2. The van der Waals surface area contributed by atoms with E-state index in [2.05, 4.69) is 91.0 Å². The molecular weight excluding hydrogens is 2380 g/mol. The van der Waals surface area contributed by atoms with Gasteiger partial charge < -0.3 is 81.1 Å². The van der Waals surface area contributed by atoms with Gasteiger partial charge in [-0.15, -0.1) is 0 Å². The summed E-state index contributed by atoms with van der Waals surface area (Å²) in [6.07, 6.45) is 7.79. The number of aliphatic carboxylic acids is 2. The first kappa shape index (κ1) is 130. The van der Waals surface area contributed by atoms with Crippen molar-refractivity contribution in [2.24, 2.45) is 69.0 Å². The zero-order chi connectivity index (χ0) is 105. The first-order valence-corrected chi connectivity index (χ1v) is 50.3. The molecule has 0 radical (unpaired) electrons. The summed E-state index contributed by atoms with van der Waals surface area (Å²) in [5.41, 5.74) is -4.31. The summed E-state index contributed by atoms with van der Waals surface area (Å²) < 4.78 is 377. The quantitative estimate of drug-likeness (QED) is 0.00584. The number of hydrogen-bond donors (Lipinski definition) is 8. The molecule has 16 aliphatic carbocycles. The molecule has 8 N–H and O–H groups in total. The molecule has 8 unspecified atom stereocenters. The molecule has 8 atom stereocenters. The number of ether oxygens (including phenoxy) is 3. The molecule has 142 heavy (non-hydrogen) atoms. The van der Waals surface area contributed by atoms with Gasteiger partial charge in [0, 0.05) is 35.9 Å². The smallest absolute Gasteiger partial charge is 1.00 e. The van der Waals surface area contributed by atoms with Crippen LogP contribution < -0.4 is 76.1 Å². The normalized spacial score (nSPS) is 29.8. The van der Waals surface area contributed by atoms with Crippen molar-refractivity contribution in [2.75, 3.05) is 33.0 Å². The number of halogens is 29. The first-order valence-electron chi connectivity index (χ1n) is 43.1. The van der Waals surface area contributed by atoms with E-state index < -0.39 is 194 Å². The van der Waals surface area contributed by atoms with Crippen molar-refractivity contribution in [1.29, 1.82) is 0 Å². The number of aliphatic hydroxyl groups is 6. The van der Waals surface area contributed by atoms with Crippen LogP contribution in [0.1, 0.15) is 193 Å². The molecule has 3 aromatic carbocycles. The average molecular weight is 2480 g/mol. The number of benzene rings is 3. The first-order chi connectivity index (χ1) is 63.0. The van der Waals surface area contributed by atoms with Crippen LogP contribution in [0.4, 0.5) is 105 Å². The number of esters is 3. The Kier molecular flexibility index (Phi) is 44.1. The maximum atomic E-state index is 13.4. The van der Waals surface area contributed by atoms with Crippen molar-refractivity contribution >= 4 is 125 Å². The van der Waals surface area contributed by atoms with Crippen molar-refractivity contribution in [2.45, 2.75) is 295 Å². The summed E-state index contributed by atoms with van der Waals surface area (Å²) >= 11 is 5.86. The molecule has 800 valence electrons. The van der Waals surface area contributed by atoms with Gasteiger partial charge >= 0.3 is 154 Å². The van der Waals surface area contributed by atoms with E-state index >= 15 is 0 Å². The fraction of sp³-hybridized carbons (Fsp3) is 0.733. The molecule has 22 nitrogen and oxygen atoms in total. The topological polar surface area (TPSA) is 389 Å². The Balaban J connectivity index is 0.000000292. The van der Waals surface area contributed by atoms with Gasteiger partial charge in [0.2, 0.25) is 0 Å². The Bertz CT molecular complexity index is 4650. The molecule has 56 heteroatoms. The van der Waals surface area contributed by atoms with Crippen LogP contribution in [0.2, 0.25) is 0 Å². The van der Waals surface area contributed by atoms with Crippen LogP contribution in [-0.4, -0.2) is 217 Å².